The third-order valence-electron chi connectivity index (χ3n) is 2.94. The van der Waals surface area contributed by atoms with Crippen molar-refractivity contribution in [2.45, 2.75) is 18.4 Å². The molecule has 0 unspecified atom stereocenters. The first-order chi connectivity index (χ1) is 7.27. The number of carbonyl (C=O) groups is 1. The van der Waals surface area contributed by atoms with Crippen LogP contribution in [0.15, 0.2) is 30.3 Å². The zero-order valence-electron chi connectivity index (χ0n) is 8.82. The van der Waals surface area contributed by atoms with Crippen molar-refractivity contribution in [2.75, 3.05) is 13.7 Å². The molecule has 2 rings (SSSR count). The van der Waals surface area contributed by atoms with E-state index in [-0.39, 0.29) is 5.97 Å². The Bertz CT molecular complexity index is 344. The quantitative estimate of drug-likeness (QED) is 0.752. The van der Waals surface area contributed by atoms with Crippen LogP contribution in [0.1, 0.15) is 12.0 Å². The van der Waals surface area contributed by atoms with Crippen molar-refractivity contribution in [2.24, 2.45) is 0 Å². The molecule has 0 radical (unpaired) electrons. The number of benzene rings is 1. The van der Waals surface area contributed by atoms with Crippen LogP contribution < -0.4 is 5.32 Å². The molecule has 0 saturated carbocycles. The molecule has 1 aromatic rings. The molecular weight excluding hydrogens is 190 g/mol. The Morgan fingerprint density at radius 3 is 2.60 bits per heavy atom. The lowest BCUT2D eigenvalue weighted by Gasteiger charge is -2.40. The molecule has 1 aliphatic rings. The number of rotatable bonds is 3. The summed E-state index contributed by atoms with van der Waals surface area (Å²) in [7, 11) is 1.44. The van der Waals surface area contributed by atoms with E-state index in [0.717, 1.165) is 18.5 Å². The molecular formula is C12H15NO2. The predicted octanol–water partition coefficient (Wildman–Crippen LogP) is 1.13. The number of methoxy groups -OCH3 is 1. The van der Waals surface area contributed by atoms with Gasteiger partial charge in [0.05, 0.1) is 7.11 Å². The average molecular weight is 205 g/mol. The zero-order valence-corrected chi connectivity index (χ0v) is 8.82. The molecule has 3 nitrogen and oxygen atoms in total. The molecule has 1 saturated heterocycles. The summed E-state index contributed by atoms with van der Waals surface area (Å²) < 4.78 is 4.83. The number of hydrogen-bond donors (Lipinski definition) is 1. The lowest BCUT2D eigenvalue weighted by Crippen LogP contribution is -2.64. The summed E-state index contributed by atoms with van der Waals surface area (Å²) in [6, 6.07) is 10.0. The number of esters is 1. The lowest BCUT2D eigenvalue weighted by atomic mass is 9.82. The topological polar surface area (TPSA) is 38.3 Å². The Hall–Kier alpha value is -1.35. The molecule has 80 valence electrons. The van der Waals surface area contributed by atoms with E-state index in [1.54, 1.807) is 0 Å². The van der Waals surface area contributed by atoms with Crippen molar-refractivity contribution >= 4 is 5.97 Å². The molecule has 1 N–H and O–H groups in total. The Kier molecular flexibility index (Phi) is 2.73. The number of nitrogens with one attached hydrogen (secondary N) is 1. The van der Waals surface area contributed by atoms with Crippen molar-refractivity contribution in [3.05, 3.63) is 35.9 Å². The maximum absolute atomic E-state index is 11.6. The van der Waals surface area contributed by atoms with Gasteiger partial charge in [0.2, 0.25) is 0 Å². The lowest BCUT2D eigenvalue weighted by molar-refractivity contribution is -0.152. The second-order valence-electron chi connectivity index (χ2n) is 3.91. The molecule has 0 aromatic heterocycles. The molecule has 0 bridgehead atoms. The van der Waals surface area contributed by atoms with Crippen LogP contribution in [-0.2, 0) is 16.0 Å². The van der Waals surface area contributed by atoms with Gasteiger partial charge in [-0.2, -0.15) is 0 Å². The van der Waals surface area contributed by atoms with Gasteiger partial charge in [0, 0.05) is 6.42 Å². The first-order valence-electron chi connectivity index (χ1n) is 5.14. The summed E-state index contributed by atoms with van der Waals surface area (Å²) in [5, 5.41) is 3.18. The van der Waals surface area contributed by atoms with Crippen molar-refractivity contribution in [1.82, 2.24) is 5.32 Å². The molecule has 3 heteroatoms. The fourth-order valence-electron chi connectivity index (χ4n) is 1.96. The van der Waals surface area contributed by atoms with Crippen LogP contribution in [0.2, 0.25) is 0 Å². The third-order valence-corrected chi connectivity index (χ3v) is 2.94. The van der Waals surface area contributed by atoms with E-state index in [0.29, 0.717) is 6.42 Å². The van der Waals surface area contributed by atoms with E-state index in [2.05, 4.69) is 5.32 Å². The first-order valence-corrected chi connectivity index (χ1v) is 5.14. The van der Waals surface area contributed by atoms with Crippen LogP contribution in [0.25, 0.3) is 0 Å². The van der Waals surface area contributed by atoms with E-state index in [1.807, 2.05) is 30.3 Å². The summed E-state index contributed by atoms with van der Waals surface area (Å²) >= 11 is 0. The number of ether oxygens (including phenoxy) is 1. The predicted molar refractivity (Wildman–Crippen MR) is 57.5 cm³/mol. The summed E-state index contributed by atoms with van der Waals surface area (Å²) in [5.41, 5.74) is 0.686. The maximum atomic E-state index is 11.6. The van der Waals surface area contributed by atoms with Crippen molar-refractivity contribution in [3.63, 3.8) is 0 Å². The fraction of sp³-hybridized carbons (Fsp3) is 0.417. The van der Waals surface area contributed by atoms with E-state index in [4.69, 9.17) is 4.74 Å². The van der Waals surface area contributed by atoms with Crippen LogP contribution >= 0.6 is 0 Å². The molecule has 15 heavy (non-hydrogen) atoms. The Morgan fingerprint density at radius 1 is 1.47 bits per heavy atom. The molecule has 0 aliphatic carbocycles. The Morgan fingerprint density at radius 2 is 2.13 bits per heavy atom. The van der Waals surface area contributed by atoms with E-state index in [9.17, 15) is 4.79 Å². The minimum Gasteiger partial charge on any atom is -0.468 e. The molecule has 0 spiro atoms. The average Bonchev–Trinajstić information content (AvgIpc) is 2.24. The second-order valence-corrected chi connectivity index (χ2v) is 3.91. The van der Waals surface area contributed by atoms with Gasteiger partial charge in [-0.05, 0) is 18.5 Å². The molecule has 1 fully saturated rings. The summed E-state index contributed by atoms with van der Waals surface area (Å²) in [6.45, 7) is 0.891. The second kappa shape index (κ2) is 4.03. The smallest absolute Gasteiger partial charge is 0.326 e. The van der Waals surface area contributed by atoms with Gasteiger partial charge in [-0.15, -0.1) is 0 Å². The van der Waals surface area contributed by atoms with E-state index < -0.39 is 5.54 Å². The highest BCUT2D eigenvalue weighted by Crippen LogP contribution is 2.25. The van der Waals surface area contributed by atoms with Gasteiger partial charge in [0.1, 0.15) is 5.54 Å². The van der Waals surface area contributed by atoms with Crippen molar-refractivity contribution in [3.8, 4) is 0 Å². The number of hydrogen-bond acceptors (Lipinski definition) is 3. The molecule has 1 atom stereocenters. The van der Waals surface area contributed by atoms with Crippen molar-refractivity contribution in [1.29, 1.82) is 0 Å². The van der Waals surface area contributed by atoms with E-state index >= 15 is 0 Å². The van der Waals surface area contributed by atoms with Gasteiger partial charge in [0.25, 0.3) is 0 Å². The summed E-state index contributed by atoms with van der Waals surface area (Å²) in [4.78, 5) is 11.6. The van der Waals surface area contributed by atoms with Crippen LogP contribution in [-0.4, -0.2) is 25.2 Å². The highest BCUT2D eigenvalue weighted by molar-refractivity contribution is 5.82. The minimum atomic E-state index is -0.476. The largest absolute Gasteiger partial charge is 0.468 e. The highest BCUT2D eigenvalue weighted by atomic mass is 16.5. The molecule has 1 aromatic carbocycles. The summed E-state index contributed by atoms with van der Waals surface area (Å²) in [6.07, 6.45) is 1.56. The highest BCUT2D eigenvalue weighted by Gasteiger charge is 2.44. The van der Waals surface area contributed by atoms with E-state index in [1.165, 1.54) is 7.11 Å². The Balaban J connectivity index is 2.12. The van der Waals surface area contributed by atoms with Crippen LogP contribution in [0.4, 0.5) is 0 Å². The maximum Gasteiger partial charge on any atom is 0.326 e. The van der Waals surface area contributed by atoms with Gasteiger partial charge in [-0.1, -0.05) is 30.3 Å². The van der Waals surface area contributed by atoms with Gasteiger partial charge in [0.15, 0.2) is 0 Å². The SMILES string of the molecule is COC(=O)[C@@]1(Cc2ccccc2)CCN1. The standard InChI is InChI=1S/C12H15NO2/c1-15-11(14)12(7-8-13-12)9-10-5-3-2-4-6-10/h2-6,13H,7-9H2,1H3/t12-/m0/s1. The number of carbonyl (C=O) groups excluding carboxylic acids is 1. The minimum absolute atomic E-state index is 0.155. The van der Waals surface area contributed by atoms with Crippen molar-refractivity contribution < 1.29 is 9.53 Å². The normalized spacial score (nSPS) is 24.3. The van der Waals surface area contributed by atoms with Crippen LogP contribution in [0, 0.1) is 0 Å². The van der Waals surface area contributed by atoms with Crippen LogP contribution in [0.5, 0.6) is 0 Å². The molecule has 1 heterocycles. The zero-order chi connectivity index (χ0) is 10.7. The van der Waals surface area contributed by atoms with Gasteiger partial charge < -0.3 is 10.1 Å². The van der Waals surface area contributed by atoms with Gasteiger partial charge >= 0.3 is 5.97 Å². The molecule has 1 aliphatic heterocycles. The Labute approximate surface area is 89.4 Å². The first kappa shape index (κ1) is 10.2. The third kappa shape index (κ3) is 1.88. The van der Waals surface area contributed by atoms with Gasteiger partial charge in [-0.25, -0.2) is 0 Å². The fourth-order valence-corrected chi connectivity index (χ4v) is 1.96. The molecule has 0 amide bonds. The summed E-state index contributed by atoms with van der Waals surface area (Å²) in [5.74, 6) is -0.155. The van der Waals surface area contributed by atoms with Crippen LogP contribution in [0.3, 0.4) is 0 Å². The monoisotopic (exact) mass is 205 g/mol. The van der Waals surface area contributed by atoms with Gasteiger partial charge in [-0.3, -0.25) is 4.79 Å².